The maximum absolute atomic E-state index is 11.9. The number of benzene rings is 2. The van der Waals surface area contributed by atoms with Gasteiger partial charge in [0.2, 0.25) is 0 Å². The Bertz CT molecular complexity index is 796. The second-order valence-electron chi connectivity index (χ2n) is 5.44. The smallest absolute Gasteiger partial charge is 0.329 e. The van der Waals surface area contributed by atoms with Gasteiger partial charge in [-0.15, -0.1) is 0 Å². The van der Waals surface area contributed by atoms with Gasteiger partial charge in [-0.2, -0.15) is 5.10 Å². The van der Waals surface area contributed by atoms with Crippen molar-refractivity contribution in [3.63, 3.8) is 0 Å². The second kappa shape index (κ2) is 7.41. The molecule has 0 aliphatic heterocycles. The number of hydrogen-bond donors (Lipinski definition) is 3. The first-order chi connectivity index (χ1) is 11.4. The summed E-state index contributed by atoms with van der Waals surface area (Å²) in [5, 5.41) is 15.7. The number of anilines is 1. The number of amides is 2. The van der Waals surface area contributed by atoms with Gasteiger partial charge in [0, 0.05) is 5.69 Å². The zero-order valence-corrected chi connectivity index (χ0v) is 13.8. The molecule has 0 heterocycles. The molecule has 6 heteroatoms. The Balaban J connectivity index is 1.98. The molecule has 0 saturated carbocycles. The molecule has 0 bridgehead atoms. The molecule has 2 aromatic carbocycles. The highest BCUT2D eigenvalue weighted by Crippen LogP contribution is 2.14. The highest BCUT2D eigenvalue weighted by atomic mass is 16.3. The topological polar surface area (TPSA) is 90.8 Å². The number of carbonyl (C=O) groups excluding carboxylic acids is 2. The maximum atomic E-state index is 11.9. The van der Waals surface area contributed by atoms with E-state index in [9.17, 15) is 14.7 Å². The molecule has 3 N–H and O–H groups in total. The third kappa shape index (κ3) is 4.42. The van der Waals surface area contributed by atoms with E-state index in [0.717, 1.165) is 16.7 Å². The molecule has 0 aromatic heterocycles. The fourth-order valence-corrected chi connectivity index (χ4v) is 1.96. The van der Waals surface area contributed by atoms with E-state index in [0.29, 0.717) is 11.4 Å². The van der Waals surface area contributed by atoms with Crippen LogP contribution in [0.25, 0.3) is 0 Å². The van der Waals surface area contributed by atoms with Crippen LogP contribution in [0, 0.1) is 13.8 Å². The monoisotopic (exact) mass is 325 g/mol. The van der Waals surface area contributed by atoms with Gasteiger partial charge in [0.25, 0.3) is 0 Å². The molecular formula is C18H19N3O3. The van der Waals surface area contributed by atoms with E-state index in [2.05, 4.69) is 15.8 Å². The number of aryl methyl sites for hydroxylation is 2. The summed E-state index contributed by atoms with van der Waals surface area (Å²) >= 11 is 0. The molecular weight excluding hydrogens is 306 g/mol. The summed E-state index contributed by atoms with van der Waals surface area (Å²) in [7, 11) is 0. The van der Waals surface area contributed by atoms with Crippen molar-refractivity contribution in [2.75, 3.05) is 5.32 Å². The minimum atomic E-state index is -0.855. The van der Waals surface area contributed by atoms with Crippen molar-refractivity contribution in [1.82, 2.24) is 5.43 Å². The zero-order valence-electron chi connectivity index (χ0n) is 13.8. The largest absolute Gasteiger partial charge is 0.508 e. The summed E-state index contributed by atoms with van der Waals surface area (Å²) < 4.78 is 0. The lowest BCUT2D eigenvalue weighted by Crippen LogP contribution is -2.33. The Labute approximate surface area is 140 Å². The lowest BCUT2D eigenvalue weighted by atomic mass is 10.1. The summed E-state index contributed by atoms with van der Waals surface area (Å²) in [4.78, 5) is 23.7. The van der Waals surface area contributed by atoms with Crippen molar-refractivity contribution in [2.24, 2.45) is 5.10 Å². The molecule has 0 aliphatic carbocycles. The maximum Gasteiger partial charge on any atom is 0.329 e. The summed E-state index contributed by atoms with van der Waals surface area (Å²) in [6.45, 7) is 5.58. The predicted octanol–water partition coefficient (Wildman–Crippen LogP) is 2.49. The van der Waals surface area contributed by atoms with Gasteiger partial charge in [-0.25, -0.2) is 5.43 Å². The standard InChI is InChI=1S/C18H19N3O3/c1-11-4-7-15(10-12(11)2)19-17(23)18(24)21-20-13(3)14-5-8-16(22)9-6-14/h4-10,22H,1-3H3,(H,19,23)(H,21,24). The van der Waals surface area contributed by atoms with Gasteiger partial charge in [-0.3, -0.25) is 9.59 Å². The summed E-state index contributed by atoms with van der Waals surface area (Å²) in [6.07, 6.45) is 0. The van der Waals surface area contributed by atoms with Crippen LogP contribution in [0.2, 0.25) is 0 Å². The first-order valence-electron chi connectivity index (χ1n) is 7.39. The van der Waals surface area contributed by atoms with Crippen molar-refractivity contribution in [1.29, 1.82) is 0 Å². The van der Waals surface area contributed by atoms with E-state index in [-0.39, 0.29) is 5.75 Å². The molecule has 2 aromatic rings. The Morgan fingerprint density at radius 3 is 2.25 bits per heavy atom. The van der Waals surface area contributed by atoms with Crippen LogP contribution in [-0.2, 0) is 9.59 Å². The number of carbonyl (C=O) groups is 2. The minimum absolute atomic E-state index is 0.142. The highest BCUT2D eigenvalue weighted by Gasteiger charge is 2.13. The van der Waals surface area contributed by atoms with Crippen LogP contribution in [-0.4, -0.2) is 22.6 Å². The lowest BCUT2D eigenvalue weighted by molar-refractivity contribution is -0.136. The molecule has 0 saturated heterocycles. The van der Waals surface area contributed by atoms with Gasteiger partial charge in [0.1, 0.15) is 5.75 Å². The summed E-state index contributed by atoms with van der Waals surface area (Å²) in [6, 6.07) is 11.8. The molecule has 0 spiro atoms. The van der Waals surface area contributed by atoms with E-state index in [1.807, 2.05) is 19.9 Å². The number of hydrazone groups is 1. The van der Waals surface area contributed by atoms with Crippen molar-refractivity contribution in [2.45, 2.75) is 20.8 Å². The first kappa shape index (κ1) is 17.2. The van der Waals surface area contributed by atoms with E-state index < -0.39 is 11.8 Å². The van der Waals surface area contributed by atoms with Crippen LogP contribution in [0.3, 0.4) is 0 Å². The van der Waals surface area contributed by atoms with Gasteiger partial charge in [-0.1, -0.05) is 6.07 Å². The Kier molecular flexibility index (Phi) is 5.31. The van der Waals surface area contributed by atoms with Gasteiger partial charge < -0.3 is 10.4 Å². The SMILES string of the molecule is CC(=NNC(=O)C(=O)Nc1ccc(C)c(C)c1)c1ccc(O)cc1. The van der Waals surface area contributed by atoms with Gasteiger partial charge >= 0.3 is 11.8 Å². The van der Waals surface area contributed by atoms with Crippen LogP contribution in [0.15, 0.2) is 47.6 Å². The zero-order chi connectivity index (χ0) is 17.7. The van der Waals surface area contributed by atoms with Crippen LogP contribution >= 0.6 is 0 Å². The van der Waals surface area contributed by atoms with Crippen LogP contribution in [0.5, 0.6) is 5.75 Å². The minimum Gasteiger partial charge on any atom is -0.508 e. The van der Waals surface area contributed by atoms with Crippen LogP contribution < -0.4 is 10.7 Å². The number of rotatable bonds is 3. The van der Waals surface area contributed by atoms with Gasteiger partial charge in [0.05, 0.1) is 5.71 Å². The van der Waals surface area contributed by atoms with Crippen molar-refractivity contribution in [3.05, 3.63) is 59.2 Å². The summed E-state index contributed by atoms with van der Waals surface area (Å²) in [5.41, 5.74) is 6.14. The van der Waals surface area contributed by atoms with E-state index in [1.165, 1.54) is 12.1 Å². The molecule has 0 atom stereocenters. The number of hydrogen-bond acceptors (Lipinski definition) is 4. The van der Waals surface area contributed by atoms with Crippen molar-refractivity contribution >= 4 is 23.2 Å². The van der Waals surface area contributed by atoms with Crippen LogP contribution in [0.4, 0.5) is 5.69 Å². The molecule has 2 amide bonds. The molecule has 0 fully saturated rings. The molecule has 6 nitrogen and oxygen atoms in total. The van der Waals surface area contributed by atoms with Crippen molar-refractivity contribution in [3.8, 4) is 5.75 Å². The number of phenolic OH excluding ortho intramolecular Hbond substituents is 1. The van der Waals surface area contributed by atoms with Crippen LogP contribution in [0.1, 0.15) is 23.6 Å². The Hall–Kier alpha value is -3.15. The molecule has 2 rings (SSSR count). The van der Waals surface area contributed by atoms with E-state index in [1.54, 1.807) is 31.2 Å². The Morgan fingerprint density at radius 1 is 0.958 bits per heavy atom. The summed E-state index contributed by atoms with van der Waals surface area (Å²) in [5.74, 6) is -1.50. The number of nitrogens with one attached hydrogen (secondary N) is 2. The van der Waals surface area contributed by atoms with Gasteiger partial charge in [0.15, 0.2) is 0 Å². The van der Waals surface area contributed by atoms with E-state index >= 15 is 0 Å². The van der Waals surface area contributed by atoms with Crippen molar-refractivity contribution < 1.29 is 14.7 Å². The molecule has 24 heavy (non-hydrogen) atoms. The fraction of sp³-hybridized carbons (Fsp3) is 0.167. The highest BCUT2D eigenvalue weighted by molar-refractivity contribution is 6.39. The normalized spacial score (nSPS) is 11.0. The fourth-order valence-electron chi connectivity index (χ4n) is 1.96. The van der Waals surface area contributed by atoms with E-state index in [4.69, 9.17) is 0 Å². The Morgan fingerprint density at radius 2 is 1.62 bits per heavy atom. The molecule has 124 valence electrons. The number of phenols is 1. The second-order valence-corrected chi connectivity index (χ2v) is 5.44. The molecule has 0 aliphatic rings. The molecule has 0 radical (unpaired) electrons. The predicted molar refractivity (Wildman–Crippen MR) is 93.0 cm³/mol. The lowest BCUT2D eigenvalue weighted by Gasteiger charge is -2.07. The van der Waals surface area contributed by atoms with Gasteiger partial charge in [-0.05, 0) is 73.9 Å². The average molecular weight is 325 g/mol. The molecule has 0 unspecified atom stereocenters. The number of nitrogens with zero attached hydrogens (tertiary/aromatic N) is 1. The first-order valence-corrected chi connectivity index (χ1v) is 7.39. The average Bonchev–Trinajstić information content (AvgIpc) is 2.56. The number of aromatic hydroxyl groups is 1. The quantitative estimate of drug-likeness (QED) is 0.460. The third-order valence-corrected chi connectivity index (χ3v) is 3.58. The third-order valence-electron chi connectivity index (χ3n) is 3.58.